The number of piperidine rings is 1. The van der Waals surface area contributed by atoms with Gasteiger partial charge in [0.2, 0.25) is 0 Å². The van der Waals surface area contributed by atoms with Crippen LogP contribution in [-0.4, -0.2) is 62.8 Å². The topological polar surface area (TPSA) is 54.0 Å². The molecule has 0 bridgehead atoms. The van der Waals surface area contributed by atoms with Crippen LogP contribution < -0.4 is 14.8 Å². The van der Waals surface area contributed by atoms with Crippen LogP contribution in [-0.2, 0) is 6.42 Å². The summed E-state index contributed by atoms with van der Waals surface area (Å²) in [5.74, 6) is 1.51. The van der Waals surface area contributed by atoms with Crippen LogP contribution in [0.3, 0.4) is 0 Å². The normalized spacial score (nSPS) is 16.4. The Morgan fingerprint density at radius 3 is 2.70 bits per heavy atom. The molecule has 2 amide bonds. The van der Waals surface area contributed by atoms with E-state index in [4.69, 9.17) is 9.47 Å². The second-order valence-electron chi connectivity index (χ2n) is 7.96. The highest BCUT2D eigenvalue weighted by atomic mass is 16.5. The van der Waals surface area contributed by atoms with Crippen LogP contribution in [0.15, 0.2) is 42.5 Å². The van der Waals surface area contributed by atoms with Gasteiger partial charge in [0.1, 0.15) is 0 Å². The van der Waals surface area contributed by atoms with Crippen LogP contribution >= 0.6 is 0 Å². The lowest BCUT2D eigenvalue weighted by atomic mass is 10.0. The van der Waals surface area contributed by atoms with Crippen LogP contribution in [0.4, 0.5) is 10.5 Å². The summed E-state index contributed by atoms with van der Waals surface area (Å²) in [6.07, 6.45) is 3.05. The largest absolute Gasteiger partial charge is 0.493 e. The number of carbonyl (C=O) groups excluding carboxylic acids is 1. The molecular formula is C24H33N3O3. The minimum absolute atomic E-state index is 0.0152. The third-order valence-corrected chi connectivity index (χ3v) is 5.78. The number of benzene rings is 2. The first kappa shape index (κ1) is 22.0. The van der Waals surface area contributed by atoms with E-state index in [0.29, 0.717) is 6.04 Å². The first-order valence-corrected chi connectivity index (χ1v) is 10.5. The average Bonchev–Trinajstić information content (AvgIpc) is 2.77. The van der Waals surface area contributed by atoms with Gasteiger partial charge in [-0.2, -0.15) is 0 Å². The van der Waals surface area contributed by atoms with E-state index in [1.165, 1.54) is 5.56 Å². The molecule has 0 aromatic heterocycles. The SMILES string of the molecule is COc1ccc(CCN(C)C2CCCN(C(=O)Nc3cccc(C)c3)C2)cc1OC. The Morgan fingerprint density at radius 1 is 1.17 bits per heavy atom. The zero-order chi connectivity index (χ0) is 21.5. The highest BCUT2D eigenvalue weighted by Gasteiger charge is 2.26. The Balaban J connectivity index is 1.53. The van der Waals surface area contributed by atoms with E-state index in [-0.39, 0.29) is 6.03 Å². The number of urea groups is 1. The minimum Gasteiger partial charge on any atom is -0.493 e. The molecule has 1 N–H and O–H groups in total. The number of anilines is 1. The van der Waals surface area contributed by atoms with Crippen LogP contribution in [0.1, 0.15) is 24.0 Å². The lowest BCUT2D eigenvalue weighted by Crippen LogP contribution is -2.50. The number of ether oxygens (including phenoxy) is 2. The summed E-state index contributed by atoms with van der Waals surface area (Å²) in [5.41, 5.74) is 3.20. The Kier molecular flexibility index (Phi) is 7.57. The molecule has 1 aliphatic rings. The monoisotopic (exact) mass is 411 g/mol. The lowest BCUT2D eigenvalue weighted by Gasteiger charge is -2.37. The zero-order valence-electron chi connectivity index (χ0n) is 18.5. The number of amides is 2. The molecule has 2 aromatic carbocycles. The number of aryl methyl sites for hydroxylation is 1. The Bertz CT molecular complexity index is 855. The van der Waals surface area contributed by atoms with Gasteiger partial charge in [0.15, 0.2) is 11.5 Å². The highest BCUT2D eigenvalue weighted by molar-refractivity contribution is 5.89. The van der Waals surface area contributed by atoms with Crippen LogP contribution in [0.5, 0.6) is 11.5 Å². The van der Waals surface area contributed by atoms with Crippen molar-refractivity contribution in [1.82, 2.24) is 9.80 Å². The van der Waals surface area contributed by atoms with Gasteiger partial charge in [-0.25, -0.2) is 4.79 Å². The molecule has 1 aliphatic heterocycles. The molecule has 1 saturated heterocycles. The number of likely N-dealkylation sites (tertiary alicyclic amines) is 1. The van der Waals surface area contributed by atoms with Gasteiger partial charge in [-0.05, 0) is 68.6 Å². The van der Waals surface area contributed by atoms with E-state index in [0.717, 1.165) is 61.6 Å². The van der Waals surface area contributed by atoms with Gasteiger partial charge in [0.05, 0.1) is 14.2 Å². The van der Waals surface area contributed by atoms with E-state index in [1.807, 2.05) is 48.2 Å². The Hall–Kier alpha value is -2.73. The highest BCUT2D eigenvalue weighted by Crippen LogP contribution is 2.28. The number of nitrogens with zero attached hydrogens (tertiary/aromatic N) is 2. The molecule has 0 spiro atoms. The van der Waals surface area contributed by atoms with Crippen molar-refractivity contribution in [2.24, 2.45) is 0 Å². The Morgan fingerprint density at radius 2 is 1.97 bits per heavy atom. The minimum atomic E-state index is -0.0152. The maximum absolute atomic E-state index is 12.7. The number of nitrogens with one attached hydrogen (secondary N) is 1. The fraction of sp³-hybridized carbons (Fsp3) is 0.458. The van der Waals surface area contributed by atoms with Gasteiger partial charge in [0.25, 0.3) is 0 Å². The van der Waals surface area contributed by atoms with Crippen molar-refractivity contribution in [3.05, 3.63) is 53.6 Å². The van der Waals surface area contributed by atoms with Crippen molar-refractivity contribution < 1.29 is 14.3 Å². The third kappa shape index (κ3) is 5.66. The second kappa shape index (κ2) is 10.3. The van der Waals surface area contributed by atoms with Crippen LogP contribution in [0.25, 0.3) is 0 Å². The van der Waals surface area contributed by atoms with E-state index >= 15 is 0 Å². The molecule has 1 heterocycles. The maximum Gasteiger partial charge on any atom is 0.321 e. The molecule has 1 unspecified atom stereocenters. The first-order chi connectivity index (χ1) is 14.5. The van der Waals surface area contributed by atoms with E-state index < -0.39 is 0 Å². The molecule has 162 valence electrons. The van der Waals surface area contributed by atoms with Crippen molar-refractivity contribution in [2.75, 3.05) is 46.2 Å². The molecular weight excluding hydrogens is 378 g/mol. The number of methoxy groups -OCH3 is 2. The first-order valence-electron chi connectivity index (χ1n) is 10.5. The number of likely N-dealkylation sites (N-methyl/N-ethyl adjacent to an activating group) is 1. The lowest BCUT2D eigenvalue weighted by molar-refractivity contribution is 0.133. The van der Waals surface area contributed by atoms with E-state index in [2.05, 4.69) is 23.3 Å². The quantitative estimate of drug-likeness (QED) is 0.743. The fourth-order valence-electron chi connectivity index (χ4n) is 3.95. The van der Waals surface area contributed by atoms with Crippen molar-refractivity contribution in [1.29, 1.82) is 0 Å². The number of hydrogen-bond donors (Lipinski definition) is 1. The molecule has 6 heteroatoms. The van der Waals surface area contributed by atoms with Gasteiger partial charge in [-0.3, -0.25) is 0 Å². The van der Waals surface area contributed by atoms with Crippen molar-refractivity contribution in [3.8, 4) is 11.5 Å². The summed E-state index contributed by atoms with van der Waals surface area (Å²) < 4.78 is 10.7. The zero-order valence-corrected chi connectivity index (χ0v) is 18.5. The van der Waals surface area contributed by atoms with Crippen molar-refractivity contribution in [3.63, 3.8) is 0 Å². The molecule has 0 saturated carbocycles. The summed E-state index contributed by atoms with van der Waals surface area (Å²) in [6.45, 7) is 4.51. The van der Waals surface area contributed by atoms with Crippen LogP contribution in [0.2, 0.25) is 0 Å². The standard InChI is InChI=1S/C24H33N3O3/c1-18-7-5-8-20(15-18)25-24(28)27-13-6-9-21(17-27)26(2)14-12-19-10-11-22(29-3)23(16-19)30-4/h5,7-8,10-11,15-16,21H,6,9,12-14,17H2,1-4H3,(H,25,28). The summed E-state index contributed by atoms with van der Waals surface area (Å²) >= 11 is 0. The maximum atomic E-state index is 12.7. The summed E-state index contributed by atoms with van der Waals surface area (Å²) in [4.78, 5) is 17.0. The Labute approximate surface area is 179 Å². The summed E-state index contributed by atoms with van der Waals surface area (Å²) in [5, 5.41) is 3.04. The number of hydrogen-bond acceptors (Lipinski definition) is 4. The summed E-state index contributed by atoms with van der Waals surface area (Å²) in [6, 6.07) is 14.3. The fourth-order valence-corrected chi connectivity index (χ4v) is 3.95. The van der Waals surface area contributed by atoms with E-state index in [9.17, 15) is 4.79 Å². The predicted octanol–water partition coefficient (Wildman–Crippen LogP) is 4.18. The number of rotatable bonds is 7. The van der Waals surface area contributed by atoms with Crippen LogP contribution in [0, 0.1) is 6.92 Å². The smallest absolute Gasteiger partial charge is 0.321 e. The van der Waals surface area contributed by atoms with Gasteiger partial charge in [-0.15, -0.1) is 0 Å². The molecule has 6 nitrogen and oxygen atoms in total. The summed E-state index contributed by atoms with van der Waals surface area (Å²) in [7, 11) is 5.45. The van der Waals surface area contributed by atoms with Crippen molar-refractivity contribution in [2.45, 2.75) is 32.2 Å². The molecule has 30 heavy (non-hydrogen) atoms. The number of carbonyl (C=O) groups is 1. The van der Waals surface area contributed by atoms with Gasteiger partial charge >= 0.3 is 6.03 Å². The molecule has 1 atom stereocenters. The predicted molar refractivity (Wildman–Crippen MR) is 121 cm³/mol. The van der Waals surface area contributed by atoms with Gasteiger partial charge in [-0.1, -0.05) is 18.2 Å². The van der Waals surface area contributed by atoms with E-state index in [1.54, 1.807) is 14.2 Å². The molecule has 0 aliphatic carbocycles. The molecule has 0 radical (unpaired) electrons. The second-order valence-corrected chi connectivity index (χ2v) is 7.96. The van der Waals surface area contributed by atoms with Gasteiger partial charge in [0, 0.05) is 31.4 Å². The molecule has 3 rings (SSSR count). The van der Waals surface area contributed by atoms with Crippen molar-refractivity contribution >= 4 is 11.7 Å². The van der Waals surface area contributed by atoms with Gasteiger partial charge < -0.3 is 24.6 Å². The molecule has 2 aromatic rings. The average molecular weight is 412 g/mol. The molecule has 1 fully saturated rings. The third-order valence-electron chi connectivity index (χ3n) is 5.78.